The summed E-state index contributed by atoms with van der Waals surface area (Å²) in [6.45, 7) is 9.67. The molecular formula is C16H30N2O3. The zero-order chi connectivity index (χ0) is 15.1. The van der Waals surface area contributed by atoms with E-state index in [0.29, 0.717) is 19.1 Å². The van der Waals surface area contributed by atoms with Gasteiger partial charge < -0.3 is 19.7 Å². The maximum absolute atomic E-state index is 12.8. The molecule has 2 rings (SSSR count). The van der Waals surface area contributed by atoms with Crippen LogP contribution >= 0.6 is 0 Å². The van der Waals surface area contributed by atoms with Crippen molar-refractivity contribution < 1.29 is 14.3 Å². The normalized spacial score (nSPS) is 27.2. The summed E-state index contributed by atoms with van der Waals surface area (Å²) in [7, 11) is 0. The standard InChI is InChI=1S/C16H30N2O3/c1-3-16(7-8-17-13-16)15(19)18-9-5-14(6-10-18)21-12-11-20-4-2/h14,17H,3-13H2,1-2H3. The molecule has 2 heterocycles. The SMILES string of the molecule is CCOCCOC1CCN(C(=O)C2(CC)CCNC2)CC1. The van der Waals surface area contributed by atoms with E-state index in [9.17, 15) is 4.79 Å². The molecule has 0 aromatic carbocycles. The van der Waals surface area contributed by atoms with Gasteiger partial charge in [0.05, 0.1) is 24.7 Å². The number of amides is 1. The van der Waals surface area contributed by atoms with Gasteiger partial charge in [-0.1, -0.05) is 6.92 Å². The number of carbonyl (C=O) groups is 1. The van der Waals surface area contributed by atoms with E-state index in [1.807, 2.05) is 6.92 Å². The summed E-state index contributed by atoms with van der Waals surface area (Å²) in [6.07, 6.45) is 4.10. The Hall–Kier alpha value is -0.650. The van der Waals surface area contributed by atoms with Crippen molar-refractivity contribution in [3.05, 3.63) is 0 Å². The van der Waals surface area contributed by atoms with Gasteiger partial charge in [0.15, 0.2) is 0 Å². The van der Waals surface area contributed by atoms with Crippen molar-refractivity contribution in [3.63, 3.8) is 0 Å². The molecule has 2 aliphatic rings. The third kappa shape index (κ3) is 4.18. The lowest BCUT2D eigenvalue weighted by molar-refractivity contribution is -0.144. The number of hydrogen-bond donors (Lipinski definition) is 1. The van der Waals surface area contributed by atoms with E-state index in [-0.39, 0.29) is 11.5 Å². The molecule has 5 heteroatoms. The highest BCUT2D eigenvalue weighted by molar-refractivity contribution is 5.83. The fourth-order valence-electron chi connectivity index (χ4n) is 3.36. The van der Waals surface area contributed by atoms with Crippen molar-refractivity contribution in [2.45, 2.75) is 45.6 Å². The summed E-state index contributed by atoms with van der Waals surface area (Å²) >= 11 is 0. The number of ether oxygens (including phenoxy) is 2. The summed E-state index contributed by atoms with van der Waals surface area (Å²) in [6, 6.07) is 0. The fourth-order valence-corrected chi connectivity index (χ4v) is 3.36. The second-order valence-corrected chi connectivity index (χ2v) is 6.12. The molecule has 0 aromatic heterocycles. The fraction of sp³-hybridized carbons (Fsp3) is 0.938. The second kappa shape index (κ2) is 8.11. The van der Waals surface area contributed by atoms with Crippen molar-refractivity contribution >= 4 is 5.91 Å². The number of nitrogens with one attached hydrogen (secondary N) is 1. The van der Waals surface area contributed by atoms with Gasteiger partial charge in [0.25, 0.3) is 0 Å². The molecule has 0 radical (unpaired) electrons. The van der Waals surface area contributed by atoms with Gasteiger partial charge in [-0.15, -0.1) is 0 Å². The van der Waals surface area contributed by atoms with E-state index >= 15 is 0 Å². The molecule has 2 fully saturated rings. The highest BCUT2D eigenvalue weighted by Gasteiger charge is 2.42. The lowest BCUT2D eigenvalue weighted by Crippen LogP contribution is -2.49. The average molecular weight is 298 g/mol. The Morgan fingerprint density at radius 3 is 2.62 bits per heavy atom. The summed E-state index contributed by atoms with van der Waals surface area (Å²) in [5.74, 6) is 0.350. The Morgan fingerprint density at radius 2 is 2.05 bits per heavy atom. The molecule has 1 atom stereocenters. The molecule has 0 spiro atoms. The minimum Gasteiger partial charge on any atom is -0.379 e. The molecule has 0 bridgehead atoms. The van der Waals surface area contributed by atoms with Gasteiger partial charge in [0.2, 0.25) is 5.91 Å². The van der Waals surface area contributed by atoms with Gasteiger partial charge in [0, 0.05) is 26.2 Å². The van der Waals surface area contributed by atoms with Crippen LogP contribution < -0.4 is 5.32 Å². The maximum atomic E-state index is 12.8. The van der Waals surface area contributed by atoms with E-state index in [2.05, 4.69) is 17.1 Å². The van der Waals surface area contributed by atoms with Crippen LogP contribution in [0, 0.1) is 5.41 Å². The Balaban J connectivity index is 1.74. The summed E-state index contributed by atoms with van der Waals surface area (Å²) in [5.41, 5.74) is -0.150. The maximum Gasteiger partial charge on any atom is 0.230 e. The third-order valence-electron chi connectivity index (χ3n) is 4.89. The first-order valence-corrected chi connectivity index (χ1v) is 8.41. The lowest BCUT2D eigenvalue weighted by Gasteiger charge is -2.37. The van der Waals surface area contributed by atoms with Crippen LogP contribution in [0.3, 0.4) is 0 Å². The topological polar surface area (TPSA) is 50.8 Å². The zero-order valence-electron chi connectivity index (χ0n) is 13.5. The molecule has 1 N–H and O–H groups in total. The Kier molecular flexibility index (Phi) is 6.45. The first-order valence-electron chi connectivity index (χ1n) is 8.41. The predicted octanol–water partition coefficient (Wildman–Crippen LogP) is 1.42. The molecule has 5 nitrogen and oxygen atoms in total. The van der Waals surface area contributed by atoms with E-state index in [0.717, 1.165) is 58.5 Å². The van der Waals surface area contributed by atoms with Crippen LogP contribution in [-0.4, -0.2) is 62.9 Å². The monoisotopic (exact) mass is 298 g/mol. The van der Waals surface area contributed by atoms with Crippen LogP contribution in [0.1, 0.15) is 39.5 Å². The molecule has 0 aromatic rings. The molecular weight excluding hydrogens is 268 g/mol. The number of piperidine rings is 1. The van der Waals surface area contributed by atoms with Gasteiger partial charge >= 0.3 is 0 Å². The van der Waals surface area contributed by atoms with E-state index in [4.69, 9.17) is 9.47 Å². The van der Waals surface area contributed by atoms with Gasteiger partial charge in [-0.05, 0) is 39.2 Å². The second-order valence-electron chi connectivity index (χ2n) is 6.12. The number of rotatable bonds is 7. The van der Waals surface area contributed by atoms with Crippen LogP contribution in [-0.2, 0) is 14.3 Å². The molecule has 122 valence electrons. The van der Waals surface area contributed by atoms with Crippen LogP contribution in [0.5, 0.6) is 0 Å². The Labute approximate surface area is 128 Å². The number of nitrogens with zero attached hydrogens (tertiary/aromatic N) is 1. The molecule has 21 heavy (non-hydrogen) atoms. The third-order valence-corrected chi connectivity index (χ3v) is 4.89. The minimum atomic E-state index is -0.150. The highest BCUT2D eigenvalue weighted by atomic mass is 16.5. The largest absolute Gasteiger partial charge is 0.379 e. The first-order chi connectivity index (χ1) is 10.2. The van der Waals surface area contributed by atoms with Gasteiger partial charge in [0.1, 0.15) is 0 Å². The van der Waals surface area contributed by atoms with Crippen LogP contribution in [0.2, 0.25) is 0 Å². The summed E-state index contributed by atoms with van der Waals surface area (Å²) in [4.78, 5) is 14.8. The van der Waals surface area contributed by atoms with E-state index in [1.165, 1.54) is 0 Å². The number of likely N-dealkylation sites (tertiary alicyclic amines) is 1. The van der Waals surface area contributed by atoms with Crippen LogP contribution in [0.4, 0.5) is 0 Å². The van der Waals surface area contributed by atoms with Crippen LogP contribution in [0.25, 0.3) is 0 Å². The first kappa shape index (κ1) is 16.7. The average Bonchev–Trinajstić information content (AvgIpc) is 3.02. The van der Waals surface area contributed by atoms with Gasteiger partial charge in [-0.2, -0.15) is 0 Å². The van der Waals surface area contributed by atoms with Crippen molar-refractivity contribution in [2.75, 3.05) is 46.0 Å². The Bertz CT molecular complexity index is 321. The lowest BCUT2D eigenvalue weighted by atomic mass is 9.82. The zero-order valence-corrected chi connectivity index (χ0v) is 13.5. The smallest absolute Gasteiger partial charge is 0.230 e. The van der Waals surface area contributed by atoms with Crippen molar-refractivity contribution in [2.24, 2.45) is 5.41 Å². The van der Waals surface area contributed by atoms with Crippen molar-refractivity contribution in [3.8, 4) is 0 Å². The highest BCUT2D eigenvalue weighted by Crippen LogP contribution is 2.32. The minimum absolute atomic E-state index is 0.150. The van der Waals surface area contributed by atoms with Gasteiger partial charge in [-0.25, -0.2) is 0 Å². The predicted molar refractivity (Wildman–Crippen MR) is 82.3 cm³/mol. The van der Waals surface area contributed by atoms with Crippen molar-refractivity contribution in [1.82, 2.24) is 10.2 Å². The molecule has 0 aliphatic carbocycles. The molecule has 1 amide bonds. The van der Waals surface area contributed by atoms with E-state index in [1.54, 1.807) is 0 Å². The molecule has 2 aliphatic heterocycles. The van der Waals surface area contributed by atoms with Crippen LogP contribution in [0.15, 0.2) is 0 Å². The Morgan fingerprint density at radius 1 is 1.29 bits per heavy atom. The van der Waals surface area contributed by atoms with E-state index < -0.39 is 0 Å². The number of hydrogen-bond acceptors (Lipinski definition) is 4. The number of carbonyl (C=O) groups excluding carboxylic acids is 1. The van der Waals surface area contributed by atoms with Crippen molar-refractivity contribution in [1.29, 1.82) is 0 Å². The van der Waals surface area contributed by atoms with Gasteiger partial charge in [-0.3, -0.25) is 4.79 Å². The molecule has 2 saturated heterocycles. The molecule has 1 unspecified atom stereocenters. The quantitative estimate of drug-likeness (QED) is 0.722. The summed E-state index contributed by atoms with van der Waals surface area (Å²) in [5, 5.41) is 3.35. The molecule has 0 saturated carbocycles. The summed E-state index contributed by atoms with van der Waals surface area (Å²) < 4.78 is 11.1.